The highest BCUT2D eigenvalue weighted by Crippen LogP contribution is 2.27. The molecule has 0 spiro atoms. The third kappa shape index (κ3) is 2.95. The Hall–Kier alpha value is -2.89. The molecule has 1 fully saturated rings. The number of imidazole rings is 1. The van der Waals surface area contributed by atoms with Crippen molar-refractivity contribution in [3.63, 3.8) is 0 Å². The quantitative estimate of drug-likeness (QED) is 0.739. The second-order valence-corrected chi connectivity index (χ2v) is 6.45. The third-order valence-corrected chi connectivity index (χ3v) is 4.82. The zero-order valence-electron chi connectivity index (χ0n) is 14.2. The molecule has 1 saturated heterocycles. The molecule has 0 bridgehead atoms. The number of carbonyl (C=O) groups excluding carboxylic acids is 1. The van der Waals surface area contributed by atoms with Gasteiger partial charge in [0.05, 0.1) is 11.3 Å². The lowest BCUT2D eigenvalue weighted by Gasteiger charge is -2.33. The first kappa shape index (κ1) is 15.6. The molecule has 128 valence electrons. The van der Waals surface area contributed by atoms with Crippen LogP contribution in [0.1, 0.15) is 34.9 Å². The second-order valence-electron chi connectivity index (χ2n) is 6.45. The van der Waals surface area contributed by atoms with Crippen molar-refractivity contribution < 1.29 is 4.79 Å². The summed E-state index contributed by atoms with van der Waals surface area (Å²) in [6.45, 7) is 1.49. The number of benzene rings is 1. The Morgan fingerprint density at radius 1 is 1.16 bits per heavy atom. The van der Waals surface area contributed by atoms with E-state index >= 15 is 0 Å². The van der Waals surface area contributed by atoms with Crippen molar-refractivity contribution in [1.29, 1.82) is 0 Å². The topological polar surface area (TPSA) is 56.0 Å². The Balaban J connectivity index is 1.60. The summed E-state index contributed by atoms with van der Waals surface area (Å²) in [6.07, 6.45) is 9.42. The first-order chi connectivity index (χ1) is 12.2. The molecule has 2 aromatic heterocycles. The molecule has 0 radical (unpaired) electrons. The van der Waals surface area contributed by atoms with Crippen molar-refractivity contribution in [3.8, 4) is 5.69 Å². The molecule has 0 saturated carbocycles. The Bertz CT molecular complexity index is 868. The van der Waals surface area contributed by atoms with Crippen LogP contribution in [0, 0.1) is 0 Å². The van der Waals surface area contributed by atoms with Gasteiger partial charge in [0.2, 0.25) is 0 Å². The number of rotatable bonds is 3. The standard InChI is InChI=1S/C19H21N5O/c1-22-13-10-20-18(22)15-6-4-11-23(14-15)19(25)16-7-2-3-8-17(16)24-12-5-9-21-24/h2-3,5,7-10,12-13,15H,4,6,11,14H2,1H3/t15-/m0/s1. The van der Waals surface area contributed by atoms with Crippen molar-refractivity contribution in [2.24, 2.45) is 7.05 Å². The average molecular weight is 335 g/mol. The molecule has 4 rings (SSSR count). The maximum absolute atomic E-state index is 13.2. The summed E-state index contributed by atoms with van der Waals surface area (Å²) in [5, 5.41) is 4.27. The maximum atomic E-state index is 13.2. The van der Waals surface area contributed by atoms with E-state index in [0.717, 1.165) is 30.9 Å². The molecule has 6 nitrogen and oxygen atoms in total. The van der Waals surface area contributed by atoms with Crippen LogP contribution in [-0.4, -0.2) is 43.2 Å². The van der Waals surface area contributed by atoms with E-state index < -0.39 is 0 Å². The van der Waals surface area contributed by atoms with E-state index in [1.165, 1.54) is 0 Å². The van der Waals surface area contributed by atoms with Gasteiger partial charge in [-0.05, 0) is 31.0 Å². The number of piperidine rings is 1. The van der Waals surface area contributed by atoms with Crippen LogP contribution in [0.5, 0.6) is 0 Å². The molecule has 0 aliphatic carbocycles. The largest absolute Gasteiger partial charge is 0.338 e. The SMILES string of the molecule is Cn1ccnc1[C@H]1CCCN(C(=O)c2ccccc2-n2cccn2)C1. The van der Waals surface area contributed by atoms with Crippen molar-refractivity contribution in [1.82, 2.24) is 24.2 Å². The first-order valence-corrected chi connectivity index (χ1v) is 8.59. The van der Waals surface area contributed by atoms with Crippen LogP contribution in [0.3, 0.4) is 0 Å². The maximum Gasteiger partial charge on any atom is 0.256 e. The number of nitrogens with zero attached hydrogens (tertiary/aromatic N) is 5. The average Bonchev–Trinajstić information content (AvgIpc) is 3.33. The molecular weight excluding hydrogens is 314 g/mol. The number of para-hydroxylation sites is 1. The van der Waals surface area contributed by atoms with Crippen LogP contribution in [0.25, 0.3) is 5.69 Å². The summed E-state index contributed by atoms with van der Waals surface area (Å²) in [5.74, 6) is 1.40. The summed E-state index contributed by atoms with van der Waals surface area (Å²) in [6, 6.07) is 9.50. The normalized spacial score (nSPS) is 17.6. The van der Waals surface area contributed by atoms with E-state index in [-0.39, 0.29) is 11.8 Å². The van der Waals surface area contributed by atoms with Gasteiger partial charge in [-0.2, -0.15) is 5.10 Å². The monoisotopic (exact) mass is 335 g/mol. The van der Waals surface area contributed by atoms with Gasteiger partial charge in [-0.15, -0.1) is 0 Å². The lowest BCUT2D eigenvalue weighted by molar-refractivity contribution is 0.0703. The summed E-state index contributed by atoms with van der Waals surface area (Å²) in [4.78, 5) is 19.6. The minimum absolute atomic E-state index is 0.0602. The summed E-state index contributed by atoms with van der Waals surface area (Å²) < 4.78 is 3.80. The molecule has 0 unspecified atom stereocenters. The van der Waals surface area contributed by atoms with E-state index in [1.807, 2.05) is 60.9 Å². The molecule has 1 aromatic carbocycles. The Labute approximate surface area is 146 Å². The van der Waals surface area contributed by atoms with E-state index in [4.69, 9.17) is 0 Å². The molecule has 1 amide bonds. The molecule has 3 aromatic rings. The molecule has 0 N–H and O–H groups in total. The zero-order valence-corrected chi connectivity index (χ0v) is 14.2. The molecule has 1 aliphatic rings. The van der Waals surface area contributed by atoms with Gasteiger partial charge in [0.25, 0.3) is 5.91 Å². The van der Waals surface area contributed by atoms with Gasteiger partial charge in [0.1, 0.15) is 5.82 Å². The highest BCUT2D eigenvalue weighted by molar-refractivity contribution is 5.97. The van der Waals surface area contributed by atoms with Crippen molar-refractivity contribution in [2.45, 2.75) is 18.8 Å². The molecular formula is C19H21N5O. The van der Waals surface area contributed by atoms with Crippen LogP contribution in [0.2, 0.25) is 0 Å². The molecule has 25 heavy (non-hydrogen) atoms. The minimum atomic E-state index is 0.0602. The lowest BCUT2D eigenvalue weighted by atomic mass is 9.96. The molecule has 6 heteroatoms. The van der Waals surface area contributed by atoms with Gasteiger partial charge in [0.15, 0.2) is 0 Å². The van der Waals surface area contributed by atoms with Gasteiger partial charge in [0, 0.05) is 50.8 Å². The fraction of sp³-hybridized carbons (Fsp3) is 0.316. The van der Waals surface area contributed by atoms with Crippen molar-refractivity contribution in [2.75, 3.05) is 13.1 Å². The molecule has 1 atom stereocenters. The lowest BCUT2D eigenvalue weighted by Crippen LogP contribution is -2.40. The predicted octanol–water partition coefficient (Wildman–Crippen LogP) is 2.63. The number of hydrogen-bond donors (Lipinski definition) is 0. The summed E-state index contributed by atoms with van der Waals surface area (Å²) in [7, 11) is 2.01. The summed E-state index contributed by atoms with van der Waals surface area (Å²) in [5.41, 5.74) is 1.50. The minimum Gasteiger partial charge on any atom is -0.338 e. The first-order valence-electron chi connectivity index (χ1n) is 8.59. The van der Waals surface area contributed by atoms with Crippen LogP contribution >= 0.6 is 0 Å². The van der Waals surface area contributed by atoms with E-state index in [9.17, 15) is 4.79 Å². The van der Waals surface area contributed by atoms with Crippen molar-refractivity contribution >= 4 is 5.91 Å². The number of aromatic nitrogens is 4. The van der Waals surface area contributed by atoms with Gasteiger partial charge in [-0.1, -0.05) is 12.1 Å². The van der Waals surface area contributed by atoms with E-state index in [1.54, 1.807) is 10.9 Å². The van der Waals surface area contributed by atoms with Gasteiger partial charge >= 0.3 is 0 Å². The second kappa shape index (κ2) is 6.55. The number of hydrogen-bond acceptors (Lipinski definition) is 3. The van der Waals surface area contributed by atoms with Gasteiger partial charge in [-0.25, -0.2) is 9.67 Å². The third-order valence-electron chi connectivity index (χ3n) is 4.82. The van der Waals surface area contributed by atoms with Crippen LogP contribution in [-0.2, 0) is 7.05 Å². The number of aryl methyl sites for hydroxylation is 1. The van der Waals surface area contributed by atoms with Crippen molar-refractivity contribution in [3.05, 3.63) is 66.5 Å². The predicted molar refractivity (Wildman–Crippen MR) is 94.7 cm³/mol. The van der Waals surface area contributed by atoms with E-state index in [0.29, 0.717) is 12.1 Å². The smallest absolute Gasteiger partial charge is 0.256 e. The fourth-order valence-electron chi connectivity index (χ4n) is 3.58. The van der Waals surface area contributed by atoms with E-state index in [2.05, 4.69) is 14.6 Å². The number of likely N-dealkylation sites (tertiary alicyclic amines) is 1. The number of amides is 1. The fourth-order valence-corrected chi connectivity index (χ4v) is 3.58. The van der Waals surface area contributed by atoms with Gasteiger partial charge in [-0.3, -0.25) is 4.79 Å². The zero-order chi connectivity index (χ0) is 17.2. The molecule has 1 aliphatic heterocycles. The molecule has 3 heterocycles. The van der Waals surface area contributed by atoms with Crippen LogP contribution < -0.4 is 0 Å². The van der Waals surface area contributed by atoms with Crippen LogP contribution in [0.4, 0.5) is 0 Å². The van der Waals surface area contributed by atoms with Crippen LogP contribution in [0.15, 0.2) is 55.1 Å². The van der Waals surface area contributed by atoms with Gasteiger partial charge < -0.3 is 9.47 Å². The number of carbonyl (C=O) groups is 1. The Kier molecular flexibility index (Phi) is 4.09. The highest BCUT2D eigenvalue weighted by Gasteiger charge is 2.28. The Morgan fingerprint density at radius 3 is 2.80 bits per heavy atom. The highest BCUT2D eigenvalue weighted by atomic mass is 16.2. The summed E-state index contributed by atoms with van der Waals surface area (Å²) >= 11 is 0. The Morgan fingerprint density at radius 2 is 2.04 bits per heavy atom.